The second-order valence-electron chi connectivity index (χ2n) is 8.54. The maximum Gasteiger partial charge on any atom is 0.233 e. The molecular formula is C22H32N4OS2. The summed E-state index contributed by atoms with van der Waals surface area (Å²) in [6.07, 6.45) is 10.5. The molecule has 0 N–H and O–H groups in total. The molecule has 1 amide bonds. The molecule has 3 heterocycles. The van der Waals surface area contributed by atoms with Crippen molar-refractivity contribution in [2.24, 2.45) is 0 Å². The van der Waals surface area contributed by atoms with Crippen LogP contribution in [0.25, 0.3) is 0 Å². The van der Waals surface area contributed by atoms with Crippen LogP contribution in [0.3, 0.4) is 0 Å². The van der Waals surface area contributed by atoms with Crippen molar-refractivity contribution in [3.05, 3.63) is 28.2 Å². The van der Waals surface area contributed by atoms with Crippen LogP contribution in [0.4, 0.5) is 0 Å². The molecule has 2 aromatic rings. The maximum atomic E-state index is 13.0. The van der Waals surface area contributed by atoms with Gasteiger partial charge in [0.1, 0.15) is 5.82 Å². The fourth-order valence-electron chi connectivity index (χ4n) is 4.92. The predicted octanol–water partition coefficient (Wildman–Crippen LogP) is 5.32. The molecule has 7 heteroatoms. The number of aromatic nitrogens is 3. The number of thiophene rings is 1. The standard InChI is InChI=1S/C22H32N4OS2/c1-16-8-6-9-17(2)25(16)21(27)15-29-22-24-23-20(14-19-12-7-13-28-19)26(22)18-10-4-3-5-11-18/h7,12-13,16-18H,3-6,8-11,14-15H2,1-2H3. The van der Waals surface area contributed by atoms with Gasteiger partial charge in [-0.2, -0.15) is 0 Å². The predicted molar refractivity (Wildman–Crippen MR) is 120 cm³/mol. The number of amides is 1. The van der Waals surface area contributed by atoms with E-state index >= 15 is 0 Å². The van der Waals surface area contributed by atoms with Crippen LogP contribution in [-0.2, 0) is 11.2 Å². The number of likely N-dealkylation sites (tertiary alicyclic amines) is 1. The summed E-state index contributed by atoms with van der Waals surface area (Å²) in [5, 5.41) is 12.1. The first-order valence-corrected chi connectivity index (χ1v) is 12.9. The molecule has 29 heavy (non-hydrogen) atoms. The summed E-state index contributed by atoms with van der Waals surface area (Å²) in [5.41, 5.74) is 0. The smallest absolute Gasteiger partial charge is 0.233 e. The highest BCUT2D eigenvalue weighted by molar-refractivity contribution is 7.99. The normalized spacial score (nSPS) is 23.4. The lowest BCUT2D eigenvalue weighted by Crippen LogP contribution is -2.48. The summed E-state index contributed by atoms with van der Waals surface area (Å²) in [4.78, 5) is 16.4. The average molecular weight is 433 g/mol. The zero-order valence-electron chi connectivity index (χ0n) is 17.5. The van der Waals surface area contributed by atoms with Crippen LogP contribution >= 0.6 is 23.1 Å². The Bertz CT molecular complexity index is 788. The molecule has 0 aromatic carbocycles. The quantitative estimate of drug-likeness (QED) is 0.580. The Morgan fingerprint density at radius 2 is 1.86 bits per heavy atom. The Labute approximate surface area is 182 Å². The summed E-state index contributed by atoms with van der Waals surface area (Å²) in [7, 11) is 0. The maximum absolute atomic E-state index is 13.0. The van der Waals surface area contributed by atoms with Crippen LogP contribution in [0.15, 0.2) is 22.7 Å². The molecule has 1 saturated carbocycles. The minimum Gasteiger partial charge on any atom is -0.337 e. The lowest BCUT2D eigenvalue weighted by molar-refractivity contribution is -0.134. The minimum atomic E-state index is 0.243. The van der Waals surface area contributed by atoms with Crippen LogP contribution in [-0.4, -0.2) is 43.4 Å². The van der Waals surface area contributed by atoms with Crippen LogP contribution in [0, 0.1) is 0 Å². The molecule has 0 radical (unpaired) electrons. The van der Waals surface area contributed by atoms with E-state index in [1.165, 1.54) is 43.4 Å². The van der Waals surface area contributed by atoms with E-state index in [2.05, 4.69) is 51.0 Å². The van der Waals surface area contributed by atoms with E-state index in [9.17, 15) is 4.79 Å². The topological polar surface area (TPSA) is 51.0 Å². The van der Waals surface area contributed by atoms with E-state index in [4.69, 9.17) is 0 Å². The molecule has 1 aliphatic carbocycles. The number of thioether (sulfide) groups is 1. The van der Waals surface area contributed by atoms with Crippen molar-refractivity contribution < 1.29 is 4.79 Å². The molecule has 2 aromatic heterocycles. The van der Waals surface area contributed by atoms with Gasteiger partial charge in [-0.25, -0.2) is 0 Å². The summed E-state index contributed by atoms with van der Waals surface area (Å²) in [6.45, 7) is 4.36. The van der Waals surface area contributed by atoms with E-state index in [1.807, 2.05) is 0 Å². The van der Waals surface area contributed by atoms with E-state index in [1.54, 1.807) is 23.1 Å². The number of rotatable bonds is 6. The monoisotopic (exact) mass is 432 g/mol. The Kier molecular flexibility index (Phi) is 6.96. The molecular weight excluding hydrogens is 400 g/mol. The summed E-state index contributed by atoms with van der Waals surface area (Å²) in [6, 6.07) is 5.42. The Balaban J connectivity index is 1.50. The van der Waals surface area contributed by atoms with Crippen molar-refractivity contribution in [2.75, 3.05) is 5.75 Å². The Morgan fingerprint density at radius 1 is 1.10 bits per heavy atom. The van der Waals surface area contributed by atoms with Gasteiger partial charge in [0.05, 0.1) is 5.75 Å². The number of nitrogens with zero attached hydrogens (tertiary/aromatic N) is 4. The molecule has 1 aliphatic heterocycles. The van der Waals surface area contributed by atoms with Gasteiger partial charge in [0.2, 0.25) is 5.91 Å². The van der Waals surface area contributed by atoms with Crippen LogP contribution in [0.1, 0.15) is 82.0 Å². The third-order valence-electron chi connectivity index (χ3n) is 6.39. The molecule has 2 atom stereocenters. The highest BCUT2D eigenvalue weighted by atomic mass is 32.2. The zero-order chi connectivity index (χ0) is 20.2. The first-order chi connectivity index (χ1) is 14.1. The summed E-state index contributed by atoms with van der Waals surface area (Å²) in [5.74, 6) is 1.75. The Morgan fingerprint density at radius 3 is 2.55 bits per heavy atom. The van der Waals surface area contributed by atoms with Gasteiger partial charge in [-0.15, -0.1) is 21.5 Å². The van der Waals surface area contributed by atoms with Crippen molar-refractivity contribution >= 4 is 29.0 Å². The van der Waals surface area contributed by atoms with Gasteiger partial charge in [0.25, 0.3) is 0 Å². The fraction of sp³-hybridized carbons (Fsp3) is 0.682. The molecule has 4 rings (SSSR count). The molecule has 0 bridgehead atoms. The number of piperidine rings is 1. The first-order valence-electron chi connectivity index (χ1n) is 11.0. The SMILES string of the molecule is CC1CCCC(C)N1C(=O)CSc1nnc(Cc2cccs2)n1C1CCCCC1. The van der Waals surface area contributed by atoms with Gasteiger partial charge >= 0.3 is 0 Å². The van der Waals surface area contributed by atoms with Crippen molar-refractivity contribution in [1.82, 2.24) is 19.7 Å². The van der Waals surface area contributed by atoms with Crippen LogP contribution < -0.4 is 0 Å². The van der Waals surface area contributed by atoms with E-state index in [-0.39, 0.29) is 5.91 Å². The number of carbonyl (C=O) groups excluding carboxylic acids is 1. The van der Waals surface area contributed by atoms with E-state index in [0.717, 1.165) is 30.2 Å². The van der Waals surface area contributed by atoms with Gasteiger partial charge in [-0.05, 0) is 57.4 Å². The van der Waals surface area contributed by atoms with Crippen molar-refractivity contribution in [2.45, 2.75) is 94.9 Å². The van der Waals surface area contributed by atoms with Crippen molar-refractivity contribution in [3.63, 3.8) is 0 Å². The van der Waals surface area contributed by atoms with Gasteiger partial charge < -0.3 is 9.47 Å². The first kappa shape index (κ1) is 20.9. The molecule has 1 saturated heterocycles. The van der Waals surface area contributed by atoms with Gasteiger partial charge in [-0.3, -0.25) is 4.79 Å². The molecule has 2 fully saturated rings. The Hall–Kier alpha value is -1.34. The lowest BCUT2D eigenvalue weighted by atomic mass is 9.95. The van der Waals surface area contributed by atoms with E-state index in [0.29, 0.717) is 23.9 Å². The highest BCUT2D eigenvalue weighted by Gasteiger charge is 2.30. The zero-order valence-corrected chi connectivity index (χ0v) is 19.2. The number of hydrogen-bond donors (Lipinski definition) is 0. The molecule has 2 unspecified atom stereocenters. The molecule has 0 spiro atoms. The second-order valence-corrected chi connectivity index (χ2v) is 10.5. The number of hydrogen-bond acceptors (Lipinski definition) is 5. The van der Waals surface area contributed by atoms with Crippen molar-refractivity contribution in [1.29, 1.82) is 0 Å². The summed E-state index contributed by atoms with van der Waals surface area (Å²) < 4.78 is 2.36. The van der Waals surface area contributed by atoms with Crippen molar-refractivity contribution in [3.8, 4) is 0 Å². The fourth-order valence-corrected chi connectivity index (χ4v) is 6.51. The van der Waals surface area contributed by atoms with Gasteiger partial charge in [0.15, 0.2) is 5.16 Å². The van der Waals surface area contributed by atoms with Crippen LogP contribution in [0.2, 0.25) is 0 Å². The number of carbonyl (C=O) groups is 1. The van der Waals surface area contributed by atoms with Crippen LogP contribution in [0.5, 0.6) is 0 Å². The molecule has 158 valence electrons. The van der Waals surface area contributed by atoms with E-state index < -0.39 is 0 Å². The minimum absolute atomic E-state index is 0.243. The largest absolute Gasteiger partial charge is 0.337 e. The second kappa shape index (κ2) is 9.65. The average Bonchev–Trinajstić information content (AvgIpc) is 3.37. The summed E-state index contributed by atoms with van der Waals surface area (Å²) >= 11 is 3.35. The highest BCUT2D eigenvalue weighted by Crippen LogP contribution is 2.34. The third-order valence-corrected chi connectivity index (χ3v) is 8.20. The molecule has 5 nitrogen and oxygen atoms in total. The lowest BCUT2D eigenvalue weighted by Gasteiger charge is -2.39. The van der Waals surface area contributed by atoms with Gasteiger partial charge in [0, 0.05) is 29.4 Å². The molecule has 2 aliphatic rings. The van der Waals surface area contributed by atoms with Gasteiger partial charge in [-0.1, -0.05) is 37.1 Å². The third kappa shape index (κ3) is 4.88.